The molecule has 0 N–H and O–H groups in total. The van der Waals surface area contributed by atoms with Gasteiger partial charge in [0.25, 0.3) is 0 Å². The molecule has 8 heteroatoms. The Kier molecular flexibility index (Phi) is 3.74. The number of fused-ring (bicyclic) bond motifs is 1. The molecule has 0 heterocycles. The smallest absolute Gasteiger partial charge is 0.293 e. The molecule has 130 valence electrons. The van der Waals surface area contributed by atoms with Crippen molar-refractivity contribution < 1.29 is 35.9 Å². The summed E-state index contributed by atoms with van der Waals surface area (Å²) in [5.41, 5.74) is -3.76. The lowest BCUT2D eigenvalue weighted by molar-refractivity contribution is -0.143. The molecule has 1 aliphatic rings. The number of ketones is 2. The van der Waals surface area contributed by atoms with Crippen LogP contribution in [0.3, 0.4) is 0 Å². The van der Waals surface area contributed by atoms with Gasteiger partial charge in [-0.1, -0.05) is 24.3 Å². The van der Waals surface area contributed by atoms with Crippen molar-refractivity contribution in [3.8, 4) is 0 Å². The number of alkyl halides is 6. The number of benzene rings is 2. The van der Waals surface area contributed by atoms with E-state index in [4.69, 9.17) is 0 Å². The van der Waals surface area contributed by atoms with Gasteiger partial charge >= 0.3 is 12.4 Å². The molecule has 0 unspecified atom stereocenters. The van der Waals surface area contributed by atoms with Crippen LogP contribution in [0.5, 0.6) is 0 Å². The quantitative estimate of drug-likeness (QED) is 0.537. The molecule has 0 saturated carbocycles. The number of halogens is 6. The molecular weight excluding hydrogens is 350 g/mol. The molecule has 0 fully saturated rings. The minimum absolute atomic E-state index is 0.0107. The van der Waals surface area contributed by atoms with Crippen LogP contribution in [-0.2, 0) is 12.4 Å². The fourth-order valence-corrected chi connectivity index (χ4v) is 2.79. The van der Waals surface area contributed by atoms with Gasteiger partial charge in [0.2, 0.25) is 0 Å². The topological polar surface area (TPSA) is 34.1 Å². The van der Waals surface area contributed by atoms with Crippen LogP contribution in [0.4, 0.5) is 26.3 Å². The van der Waals surface area contributed by atoms with E-state index < -0.39 is 46.5 Å². The zero-order valence-electron chi connectivity index (χ0n) is 12.2. The number of hydrogen-bond acceptors (Lipinski definition) is 2. The fourth-order valence-electron chi connectivity index (χ4n) is 2.79. The molecule has 2 aromatic rings. The van der Waals surface area contributed by atoms with Crippen molar-refractivity contribution in [3.63, 3.8) is 0 Å². The first-order chi connectivity index (χ1) is 11.5. The van der Waals surface area contributed by atoms with E-state index in [9.17, 15) is 35.9 Å². The second-order valence-corrected chi connectivity index (χ2v) is 5.55. The van der Waals surface area contributed by atoms with Crippen LogP contribution in [0.2, 0.25) is 0 Å². The molecule has 0 aliphatic heterocycles. The largest absolute Gasteiger partial charge is 0.416 e. The van der Waals surface area contributed by atoms with Gasteiger partial charge in [-0.3, -0.25) is 9.59 Å². The van der Waals surface area contributed by atoms with Gasteiger partial charge in [0.1, 0.15) is 5.92 Å². The molecule has 1 aliphatic carbocycles. The van der Waals surface area contributed by atoms with Crippen molar-refractivity contribution in [2.75, 3.05) is 0 Å². The van der Waals surface area contributed by atoms with E-state index >= 15 is 0 Å². The minimum atomic E-state index is -5.05. The van der Waals surface area contributed by atoms with Crippen LogP contribution in [0.1, 0.15) is 43.3 Å². The van der Waals surface area contributed by atoms with Gasteiger partial charge in [-0.25, -0.2) is 0 Å². The average molecular weight is 358 g/mol. The summed E-state index contributed by atoms with van der Waals surface area (Å²) in [6.45, 7) is 0. The Balaban J connectivity index is 2.18. The molecule has 0 radical (unpaired) electrons. The molecule has 2 aromatic carbocycles. The van der Waals surface area contributed by atoms with Gasteiger partial charge in [0.05, 0.1) is 11.1 Å². The number of Topliss-reactive ketones (excluding diaryl/α,β-unsaturated/α-hetero) is 2. The minimum Gasteiger partial charge on any atom is -0.293 e. The SMILES string of the molecule is O=C1c2ccccc2C(=O)C1c1cc(C(F)(F)F)cc(C(F)(F)F)c1. The lowest BCUT2D eigenvalue weighted by Gasteiger charge is -2.16. The van der Waals surface area contributed by atoms with Gasteiger partial charge < -0.3 is 0 Å². The van der Waals surface area contributed by atoms with Crippen LogP contribution in [0, 0.1) is 0 Å². The summed E-state index contributed by atoms with van der Waals surface area (Å²) in [4.78, 5) is 24.7. The standard InChI is InChI=1S/C17H8F6O2/c18-16(19,20)9-5-8(6-10(7-9)17(21,22)23)13-14(24)11-3-1-2-4-12(11)15(13)25/h1-7,13H. The van der Waals surface area contributed by atoms with E-state index in [1.165, 1.54) is 24.3 Å². The van der Waals surface area contributed by atoms with Crippen LogP contribution in [0.15, 0.2) is 42.5 Å². The summed E-state index contributed by atoms with van der Waals surface area (Å²) in [6.07, 6.45) is -10.1. The maximum Gasteiger partial charge on any atom is 0.416 e. The fraction of sp³-hybridized carbons (Fsp3) is 0.176. The Bertz CT molecular complexity index is 812. The number of carbonyl (C=O) groups is 2. The van der Waals surface area contributed by atoms with Crippen LogP contribution in [-0.4, -0.2) is 11.6 Å². The number of hydrogen-bond donors (Lipinski definition) is 0. The van der Waals surface area contributed by atoms with Crippen molar-refractivity contribution in [1.29, 1.82) is 0 Å². The van der Waals surface area contributed by atoms with Crippen molar-refractivity contribution in [2.45, 2.75) is 18.3 Å². The lowest BCUT2D eigenvalue weighted by atomic mass is 9.91. The summed E-state index contributed by atoms with van der Waals surface area (Å²) in [5.74, 6) is -3.33. The Hall–Kier alpha value is -2.64. The monoisotopic (exact) mass is 358 g/mol. The summed E-state index contributed by atoms with van der Waals surface area (Å²) in [7, 11) is 0. The predicted molar refractivity (Wildman–Crippen MR) is 74.3 cm³/mol. The Morgan fingerprint density at radius 2 is 1.08 bits per heavy atom. The molecule has 25 heavy (non-hydrogen) atoms. The van der Waals surface area contributed by atoms with Gasteiger partial charge in [-0.15, -0.1) is 0 Å². The highest BCUT2D eigenvalue weighted by Crippen LogP contribution is 2.40. The molecule has 0 bridgehead atoms. The molecule has 3 rings (SSSR count). The second-order valence-electron chi connectivity index (χ2n) is 5.55. The van der Waals surface area contributed by atoms with Crippen molar-refractivity contribution in [2.24, 2.45) is 0 Å². The van der Waals surface area contributed by atoms with E-state index in [1.54, 1.807) is 0 Å². The van der Waals surface area contributed by atoms with Crippen LogP contribution >= 0.6 is 0 Å². The molecule has 0 spiro atoms. The van der Waals surface area contributed by atoms with Crippen molar-refractivity contribution in [1.82, 2.24) is 0 Å². The summed E-state index contributed by atoms with van der Waals surface area (Å²) in [6, 6.07) is 6.34. The highest BCUT2D eigenvalue weighted by molar-refractivity contribution is 6.29. The summed E-state index contributed by atoms with van der Waals surface area (Å²) < 4.78 is 77.7. The molecule has 0 aromatic heterocycles. The number of rotatable bonds is 1. The van der Waals surface area contributed by atoms with Gasteiger partial charge in [0.15, 0.2) is 11.6 Å². The zero-order chi connectivity index (χ0) is 18.6. The third kappa shape index (κ3) is 2.92. The second kappa shape index (κ2) is 5.44. The van der Waals surface area contributed by atoms with Crippen LogP contribution in [0.25, 0.3) is 0 Å². The Labute approximate surface area is 137 Å². The molecule has 0 atom stereocenters. The summed E-state index contributed by atoms with van der Waals surface area (Å²) >= 11 is 0. The third-order valence-corrected chi connectivity index (χ3v) is 3.93. The molecular formula is C17H8F6O2. The first-order valence-corrected chi connectivity index (χ1v) is 6.97. The van der Waals surface area contributed by atoms with E-state index in [0.29, 0.717) is 12.1 Å². The first-order valence-electron chi connectivity index (χ1n) is 6.97. The Morgan fingerprint density at radius 1 is 0.680 bits per heavy atom. The molecule has 0 amide bonds. The highest BCUT2D eigenvalue weighted by Gasteiger charge is 2.43. The Morgan fingerprint density at radius 3 is 1.44 bits per heavy atom. The third-order valence-electron chi connectivity index (χ3n) is 3.93. The first kappa shape index (κ1) is 17.2. The maximum atomic E-state index is 12.9. The van der Waals surface area contributed by atoms with Gasteiger partial charge in [0, 0.05) is 11.1 Å². The summed E-state index contributed by atoms with van der Waals surface area (Å²) in [5, 5.41) is 0. The maximum absolute atomic E-state index is 12.9. The lowest BCUT2D eigenvalue weighted by Crippen LogP contribution is -2.17. The normalized spacial score (nSPS) is 15.6. The zero-order valence-corrected chi connectivity index (χ0v) is 12.2. The van der Waals surface area contributed by atoms with E-state index in [2.05, 4.69) is 0 Å². The highest BCUT2D eigenvalue weighted by atomic mass is 19.4. The molecule has 2 nitrogen and oxygen atoms in total. The van der Waals surface area contributed by atoms with Crippen molar-refractivity contribution in [3.05, 3.63) is 70.3 Å². The molecule has 0 saturated heterocycles. The number of carbonyl (C=O) groups excluding carboxylic acids is 2. The van der Waals surface area contributed by atoms with E-state index in [-0.39, 0.29) is 17.2 Å². The van der Waals surface area contributed by atoms with E-state index in [0.717, 1.165) is 0 Å². The predicted octanol–water partition coefficient (Wildman–Crippen LogP) is 4.89. The van der Waals surface area contributed by atoms with Gasteiger partial charge in [-0.2, -0.15) is 26.3 Å². The van der Waals surface area contributed by atoms with E-state index in [1.807, 2.05) is 0 Å². The van der Waals surface area contributed by atoms with Crippen molar-refractivity contribution >= 4 is 11.6 Å². The van der Waals surface area contributed by atoms with Crippen LogP contribution < -0.4 is 0 Å². The van der Waals surface area contributed by atoms with Gasteiger partial charge in [-0.05, 0) is 23.8 Å². The average Bonchev–Trinajstić information content (AvgIpc) is 2.77.